The van der Waals surface area contributed by atoms with Crippen LogP contribution in [0.25, 0.3) is 0 Å². The Morgan fingerprint density at radius 3 is 2.58 bits per heavy atom. The van der Waals surface area contributed by atoms with Gasteiger partial charge in [0.1, 0.15) is 0 Å². The molecule has 70 valence electrons. The van der Waals surface area contributed by atoms with Gasteiger partial charge in [-0.25, -0.2) is 0 Å². The molecule has 0 rings (SSSR count). The highest BCUT2D eigenvalue weighted by Gasteiger charge is 2.16. The minimum Gasteiger partial charge on any atom is -0.338 e. The minimum absolute atomic E-state index is 0.0138. The number of carbonyl (C=O) groups is 1. The second-order valence-corrected chi connectivity index (χ2v) is 2.68. The Morgan fingerprint density at radius 2 is 2.25 bits per heavy atom. The van der Waals surface area contributed by atoms with Gasteiger partial charge in [-0.1, -0.05) is 13.0 Å². The fourth-order valence-electron chi connectivity index (χ4n) is 0.940. The minimum atomic E-state index is -0.357. The first-order valence-corrected chi connectivity index (χ1v) is 4.32. The molecule has 0 aromatic carbocycles. The fraction of sp³-hybridized carbons (Fsp3) is 0.667. The molecule has 1 atom stereocenters. The summed E-state index contributed by atoms with van der Waals surface area (Å²) in [6.45, 7) is 8.70. The first-order valence-electron chi connectivity index (χ1n) is 4.32. The molecule has 0 bridgehead atoms. The number of nitrogens with two attached hydrogens (primary N) is 1. The van der Waals surface area contributed by atoms with Crippen molar-refractivity contribution in [2.75, 3.05) is 13.1 Å². The molecule has 0 aromatic heterocycles. The maximum absolute atomic E-state index is 11.4. The van der Waals surface area contributed by atoms with E-state index in [1.54, 1.807) is 11.0 Å². The normalized spacial score (nSPS) is 12.2. The van der Waals surface area contributed by atoms with E-state index in [4.69, 9.17) is 5.73 Å². The van der Waals surface area contributed by atoms with Crippen molar-refractivity contribution in [3.63, 3.8) is 0 Å². The van der Waals surface area contributed by atoms with Crippen LogP contribution in [0.15, 0.2) is 12.7 Å². The van der Waals surface area contributed by atoms with Crippen LogP contribution in [0.1, 0.15) is 20.3 Å². The molecule has 1 amide bonds. The maximum Gasteiger partial charge on any atom is 0.239 e. The summed E-state index contributed by atoms with van der Waals surface area (Å²) >= 11 is 0. The van der Waals surface area contributed by atoms with Crippen LogP contribution in [-0.4, -0.2) is 29.9 Å². The van der Waals surface area contributed by atoms with E-state index in [-0.39, 0.29) is 11.9 Å². The van der Waals surface area contributed by atoms with Crippen LogP contribution in [0.3, 0.4) is 0 Å². The monoisotopic (exact) mass is 170 g/mol. The molecule has 0 aliphatic heterocycles. The van der Waals surface area contributed by atoms with Gasteiger partial charge in [0.15, 0.2) is 0 Å². The number of carbonyl (C=O) groups excluding carboxylic acids is 1. The predicted octanol–water partition coefficient (Wildman–Crippen LogP) is 0.758. The van der Waals surface area contributed by atoms with Crippen LogP contribution in [0, 0.1) is 0 Å². The fourth-order valence-corrected chi connectivity index (χ4v) is 0.940. The number of hydrogen-bond acceptors (Lipinski definition) is 2. The van der Waals surface area contributed by atoms with E-state index in [1.807, 2.05) is 13.8 Å². The summed E-state index contributed by atoms with van der Waals surface area (Å²) in [6, 6.07) is -0.357. The van der Waals surface area contributed by atoms with Crippen LogP contribution in [0.4, 0.5) is 0 Å². The quantitative estimate of drug-likeness (QED) is 0.619. The average molecular weight is 170 g/mol. The van der Waals surface area contributed by atoms with Crippen molar-refractivity contribution in [3.05, 3.63) is 12.7 Å². The third kappa shape index (κ3) is 3.05. The van der Waals surface area contributed by atoms with Gasteiger partial charge >= 0.3 is 0 Å². The summed E-state index contributed by atoms with van der Waals surface area (Å²) in [6.07, 6.45) is 2.40. The number of likely N-dealkylation sites (N-methyl/N-ethyl adjacent to an activating group) is 1. The summed E-state index contributed by atoms with van der Waals surface area (Å²) in [5.74, 6) is 0.0138. The third-order valence-electron chi connectivity index (χ3n) is 1.80. The lowest BCUT2D eigenvalue weighted by atomic mass is 10.2. The summed E-state index contributed by atoms with van der Waals surface area (Å²) in [7, 11) is 0. The zero-order valence-electron chi connectivity index (χ0n) is 7.92. The van der Waals surface area contributed by atoms with Gasteiger partial charge < -0.3 is 10.6 Å². The number of nitrogens with zero attached hydrogens (tertiary/aromatic N) is 1. The Balaban J connectivity index is 4.10. The van der Waals surface area contributed by atoms with Crippen molar-refractivity contribution in [3.8, 4) is 0 Å². The highest BCUT2D eigenvalue weighted by molar-refractivity contribution is 5.81. The summed E-state index contributed by atoms with van der Waals surface area (Å²) in [4.78, 5) is 13.1. The molecular weight excluding hydrogens is 152 g/mol. The van der Waals surface area contributed by atoms with Gasteiger partial charge in [-0.15, -0.1) is 6.58 Å². The van der Waals surface area contributed by atoms with E-state index in [2.05, 4.69) is 6.58 Å². The largest absolute Gasteiger partial charge is 0.338 e. The number of amides is 1. The zero-order valence-corrected chi connectivity index (χ0v) is 7.92. The van der Waals surface area contributed by atoms with Crippen molar-refractivity contribution >= 4 is 5.91 Å². The highest BCUT2D eigenvalue weighted by Crippen LogP contribution is 1.96. The Labute approximate surface area is 74.2 Å². The van der Waals surface area contributed by atoms with Gasteiger partial charge in [0.2, 0.25) is 5.91 Å². The topological polar surface area (TPSA) is 46.3 Å². The van der Waals surface area contributed by atoms with Crippen LogP contribution in [-0.2, 0) is 4.79 Å². The zero-order chi connectivity index (χ0) is 9.56. The molecule has 2 N–H and O–H groups in total. The first kappa shape index (κ1) is 11.2. The molecule has 1 unspecified atom stereocenters. The van der Waals surface area contributed by atoms with Crippen molar-refractivity contribution in [2.24, 2.45) is 5.73 Å². The SMILES string of the molecule is C=CCN(CC)C(=O)C(N)CC. The summed E-state index contributed by atoms with van der Waals surface area (Å²) in [5.41, 5.74) is 5.60. The van der Waals surface area contributed by atoms with E-state index >= 15 is 0 Å². The molecule has 0 aromatic rings. The second-order valence-electron chi connectivity index (χ2n) is 2.68. The third-order valence-corrected chi connectivity index (χ3v) is 1.80. The Kier molecular flexibility index (Phi) is 5.37. The van der Waals surface area contributed by atoms with Crippen LogP contribution >= 0.6 is 0 Å². The molecule has 0 saturated carbocycles. The Bertz CT molecular complexity index is 157. The highest BCUT2D eigenvalue weighted by atomic mass is 16.2. The van der Waals surface area contributed by atoms with Gasteiger partial charge in [-0.05, 0) is 13.3 Å². The van der Waals surface area contributed by atoms with E-state index < -0.39 is 0 Å². The molecule has 3 heteroatoms. The molecule has 0 saturated heterocycles. The summed E-state index contributed by atoms with van der Waals surface area (Å²) in [5, 5.41) is 0. The average Bonchev–Trinajstić information content (AvgIpc) is 2.11. The molecule has 0 heterocycles. The van der Waals surface area contributed by atoms with Crippen molar-refractivity contribution < 1.29 is 4.79 Å². The van der Waals surface area contributed by atoms with Crippen LogP contribution in [0.5, 0.6) is 0 Å². The predicted molar refractivity (Wildman–Crippen MR) is 50.7 cm³/mol. The molecule has 0 fully saturated rings. The molecule has 0 aliphatic rings. The lowest BCUT2D eigenvalue weighted by Gasteiger charge is -2.21. The van der Waals surface area contributed by atoms with Crippen molar-refractivity contribution in [1.82, 2.24) is 4.90 Å². The lowest BCUT2D eigenvalue weighted by Crippen LogP contribution is -2.43. The number of hydrogen-bond donors (Lipinski definition) is 1. The molecule has 3 nitrogen and oxygen atoms in total. The molecule has 0 aliphatic carbocycles. The maximum atomic E-state index is 11.4. The van der Waals surface area contributed by atoms with Crippen LogP contribution in [0.2, 0.25) is 0 Å². The van der Waals surface area contributed by atoms with Crippen LogP contribution < -0.4 is 5.73 Å². The van der Waals surface area contributed by atoms with Gasteiger partial charge in [0.25, 0.3) is 0 Å². The van der Waals surface area contributed by atoms with Gasteiger partial charge in [-0.3, -0.25) is 4.79 Å². The molecule has 12 heavy (non-hydrogen) atoms. The van der Waals surface area contributed by atoms with Crippen molar-refractivity contribution in [2.45, 2.75) is 26.3 Å². The second kappa shape index (κ2) is 5.77. The van der Waals surface area contributed by atoms with Gasteiger partial charge in [-0.2, -0.15) is 0 Å². The summed E-state index contributed by atoms with van der Waals surface area (Å²) < 4.78 is 0. The van der Waals surface area contributed by atoms with E-state index in [0.717, 1.165) is 0 Å². The van der Waals surface area contributed by atoms with Crippen molar-refractivity contribution in [1.29, 1.82) is 0 Å². The molecular formula is C9H18N2O. The molecule has 0 spiro atoms. The number of rotatable bonds is 5. The smallest absolute Gasteiger partial charge is 0.239 e. The van der Waals surface area contributed by atoms with Gasteiger partial charge in [0, 0.05) is 13.1 Å². The standard InChI is InChI=1S/C9H18N2O/c1-4-7-11(6-3)9(12)8(10)5-2/h4,8H,1,5-7,10H2,2-3H3. The lowest BCUT2D eigenvalue weighted by molar-refractivity contribution is -0.131. The first-order chi connectivity index (χ1) is 5.67. The van der Waals surface area contributed by atoms with E-state index in [1.165, 1.54) is 0 Å². The molecule has 0 radical (unpaired) electrons. The van der Waals surface area contributed by atoms with E-state index in [0.29, 0.717) is 19.5 Å². The van der Waals surface area contributed by atoms with Gasteiger partial charge in [0.05, 0.1) is 6.04 Å². The Hall–Kier alpha value is -0.830. The van der Waals surface area contributed by atoms with E-state index in [9.17, 15) is 4.79 Å². The Morgan fingerprint density at radius 1 is 1.67 bits per heavy atom.